The number of hydrogen-bond donors (Lipinski definition) is 4. The minimum absolute atomic E-state index is 0.0699. The van der Waals surface area contributed by atoms with Gasteiger partial charge >= 0.3 is 23.9 Å². The zero-order valence-corrected chi connectivity index (χ0v) is 26.8. The van der Waals surface area contributed by atoms with E-state index < -0.39 is 11.4 Å². The second-order valence-corrected chi connectivity index (χ2v) is 14.4. The fourth-order valence-electron chi connectivity index (χ4n) is 10.1. The monoisotopic (exact) mass is 621 g/mol. The number of carboxylic acid groups (broad SMARTS) is 1. The van der Waals surface area contributed by atoms with Gasteiger partial charge in [-0.3, -0.25) is 19.2 Å². The fraction of sp³-hybridized carbons (Fsp3) is 0.879. The van der Waals surface area contributed by atoms with Gasteiger partial charge in [0.15, 0.2) is 0 Å². The number of hydrogen-bond acceptors (Lipinski definition) is 10. The summed E-state index contributed by atoms with van der Waals surface area (Å²) in [6, 6.07) is 0. The van der Waals surface area contributed by atoms with E-state index >= 15 is 0 Å². The van der Waals surface area contributed by atoms with Gasteiger partial charge in [-0.25, -0.2) is 0 Å². The third-order valence-corrected chi connectivity index (χ3v) is 12.2. The van der Waals surface area contributed by atoms with Gasteiger partial charge in [-0.2, -0.15) is 0 Å². The molecule has 4 fully saturated rings. The Balaban J connectivity index is 1.71. The normalized spacial score (nSPS) is 38.4. The van der Waals surface area contributed by atoms with Gasteiger partial charge in [-0.15, -0.1) is 0 Å². The fourth-order valence-corrected chi connectivity index (χ4v) is 10.1. The van der Waals surface area contributed by atoms with Gasteiger partial charge in [0.1, 0.15) is 18.3 Å². The van der Waals surface area contributed by atoms with Crippen molar-refractivity contribution < 1.29 is 38.5 Å². The van der Waals surface area contributed by atoms with Crippen molar-refractivity contribution in [2.45, 2.75) is 116 Å². The lowest BCUT2D eigenvalue weighted by atomic mass is 9.43. The predicted molar refractivity (Wildman–Crippen MR) is 163 cm³/mol. The summed E-state index contributed by atoms with van der Waals surface area (Å²) < 4.78 is 18.4. The number of carbonyl (C=O) groups is 4. The molecule has 4 aliphatic rings. The lowest BCUT2D eigenvalue weighted by Crippen LogP contribution is -2.63. The molecule has 44 heavy (non-hydrogen) atoms. The Hall–Kier alpha value is -2.24. The molecule has 0 amide bonds. The maximum Gasteiger partial charge on any atom is 0.307 e. The van der Waals surface area contributed by atoms with Crippen molar-refractivity contribution in [3.05, 3.63) is 0 Å². The topological polar surface area (TPSA) is 194 Å². The molecule has 0 aromatic rings. The molecule has 11 atom stereocenters. The average molecular weight is 622 g/mol. The lowest BCUT2D eigenvalue weighted by Gasteiger charge is -2.64. The first-order valence-corrected chi connectivity index (χ1v) is 16.8. The van der Waals surface area contributed by atoms with Gasteiger partial charge in [-0.05, 0) is 86.4 Å². The van der Waals surface area contributed by atoms with E-state index in [1.165, 1.54) is 0 Å². The molecule has 0 aromatic heterocycles. The van der Waals surface area contributed by atoms with Gasteiger partial charge in [0.05, 0.1) is 19.3 Å². The summed E-state index contributed by atoms with van der Waals surface area (Å²) in [6.45, 7) is 7.34. The van der Waals surface area contributed by atoms with Crippen molar-refractivity contribution in [3.8, 4) is 0 Å². The number of ether oxygens (including phenoxy) is 3. The molecule has 0 heterocycles. The Morgan fingerprint density at radius 2 is 1.41 bits per heavy atom. The Bertz CT molecular complexity index is 1060. The SMILES string of the molecule is C[C@H](CCC(=O)O)[C@H]1CC[C@H]2[C@@H]3[C@H](OC(=O)CCN)C[C@@H]4C[C@H](OC(=O)CCN)CC[C@]4(C)[C@H]3C[C@H](OC(=O)CCN)[C@]12C. The van der Waals surface area contributed by atoms with Crippen LogP contribution < -0.4 is 17.2 Å². The van der Waals surface area contributed by atoms with E-state index in [9.17, 15) is 24.3 Å². The predicted octanol–water partition coefficient (Wildman–Crippen LogP) is 3.15. The number of esters is 3. The number of carbonyl (C=O) groups excluding carboxylic acids is 3. The van der Waals surface area contributed by atoms with Crippen LogP contribution in [0.5, 0.6) is 0 Å². The molecule has 7 N–H and O–H groups in total. The largest absolute Gasteiger partial charge is 0.481 e. The molecule has 4 saturated carbocycles. The van der Waals surface area contributed by atoms with Crippen molar-refractivity contribution in [2.24, 2.45) is 63.5 Å². The van der Waals surface area contributed by atoms with Crippen LogP contribution in [0.2, 0.25) is 0 Å². The molecule has 0 spiro atoms. The highest BCUT2D eigenvalue weighted by Gasteiger charge is 2.67. The van der Waals surface area contributed by atoms with E-state index in [1.54, 1.807) is 0 Å². The van der Waals surface area contributed by atoms with Gasteiger partial charge in [0.25, 0.3) is 0 Å². The molecule has 0 radical (unpaired) electrons. The summed E-state index contributed by atoms with van der Waals surface area (Å²) in [5, 5.41) is 9.41. The Morgan fingerprint density at radius 1 is 0.795 bits per heavy atom. The minimum Gasteiger partial charge on any atom is -0.481 e. The quantitative estimate of drug-likeness (QED) is 0.174. The van der Waals surface area contributed by atoms with Gasteiger partial charge in [0, 0.05) is 37.4 Å². The summed E-state index contributed by atoms with van der Waals surface area (Å²) in [5.41, 5.74) is 16.5. The summed E-state index contributed by atoms with van der Waals surface area (Å²) >= 11 is 0. The lowest BCUT2D eigenvalue weighted by molar-refractivity contribution is -0.225. The highest BCUT2D eigenvalue weighted by molar-refractivity contribution is 5.70. The van der Waals surface area contributed by atoms with Crippen LogP contribution in [-0.4, -0.2) is 66.9 Å². The van der Waals surface area contributed by atoms with Crippen LogP contribution in [0.15, 0.2) is 0 Å². The smallest absolute Gasteiger partial charge is 0.307 e. The highest BCUT2D eigenvalue weighted by Crippen LogP contribution is 2.69. The molecule has 0 aromatic carbocycles. The molecule has 4 rings (SSSR count). The molecule has 250 valence electrons. The summed E-state index contributed by atoms with van der Waals surface area (Å²) in [7, 11) is 0. The van der Waals surface area contributed by atoms with Crippen molar-refractivity contribution in [1.82, 2.24) is 0 Å². The van der Waals surface area contributed by atoms with Crippen molar-refractivity contribution in [3.63, 3.8) is 0 Å². The Labute approximate surface area is 261 Å². The van der Waals surface area contributed by atoms with Crippen molar-refractivity contribution in [2.75, 3.05) is 19.6 Å². The van der Waals surface area contributed by atoms with E-state index in [-0.39, 0.29) is 122 Å². The van der Waals surface area contributed by atoms with Gasteiger partial charge in [-0.1, -0.05) is 20.8 Å². The first-order chi connectivity index (χ1) is 20.9. The molecule has 0 aliphatic heterocycles. The Kier molecular flexibility index (Phi) is 11.4. The molecule has 0 unspecified atom stereocenters. The van der Waals surface area contributed by atoms with Gasteiger partial charge in [0.2, 0.25) is 0 Å². The maximum absolute atomic E-state index is 13.0. The number of fused-ring (bicyclic) bond motifs is 5. The van der Waals surface area contributed by atoms with Crippen LogP contribution in [0, 0.1) is 46.3 Å². The molecule has 0 bridgehead atoms. The first-order valence-electron chi connectivity index (χ1n) is 16.8. The van der Waals surface area contributed by atoms with Crippen molar-refractivity contribution >= 4 is 23.9 Å². The number of nitrogens with two attached hydrogens (primary N) is 3. The van der Waals surface area contributed by atoms with E-state index in [0.717, 1.165) is 25.7 Å². The number of aliphatic carboxylic acids is 1. The molecule has 0 saturated heterocycles. The molecule has 11 nitrogen and oxygen atoms in total. The highest BCUT2D eigenvalue weighted by atomic mass is 16.6. The van der Waals surface area contributed by atoms with Crippen LogP contribution in [0.4, 0.5) is 0 Å². The van der Waals surface area contributed by atoms with Gasteiger partial charge < -0.3 is 36.5 Å². The van der Waals surface area contributed by atoms with E-state index in [1.807, 2.05) is 0 Å². The third kappa shape index (κ3) is 6.94. The second-order valence-electron chi connectivity index (χ2n) is 14.4. The van der Waals surface area contributed by atoms with E-state index in [4.69, 9.17) is 31.4 Å². The average Bonchev–Trinajstić information content (AvgIpc) is 3.31. The summed E-state index contributed by atoms with van der Waals surface area (Å²) in [4.78, 5) is 49.8. The number of carboxylic acids is 1. The van der Waals surface area contributed by atoms with E-state index in [2.05, 4.69) is 20.8 Å². The van der Waals surface area contributed by atoms with Crippen molar-refractivity contribution in [1.29, 1.82) is 0 Å². The second kappa shape index (κ2) is 14.5. The summed E-state index contributed by atoms with van der Waals surface area (Å²) in [5.74, 6) is -0.946. The van der Waals surface area contributed by atoms with Crippen LogP contribution in [0.25, 0.3) is 0 Å². The molecular formula is C33H55N3O8. The van der Waals surface area contributed by atoms with Crippen LogP contribution in [0.3, 0.4) is 0 Å². The van der Waals surface area contributed by atoms with E-state index in [0.29, 0.717) is 25.7 Å². The zero-order valence-electron chi connectivity index (χ0n) is 26.8. The minimum atomic E-state index is -0.811. The van der Waals surface area contributed by atoms with Crippen LogP contribution in [-0.2, 0) is 33.4 Å². The summed E-state index contributed by atoms with van der Waals surface area (Å²) in [6.07, 6.45) is 5.65. The zero-order chi connectivity index (χ0) is 32.2. The standard InChI is InChI=1S/C33H55N3O8/c1-19(4-7-27(37)38)22-5-6-23-31-24(18-26(33(22,23)3)44-30(41)11-15-36)32(2)12-8-21(42-28(39)9-13-34)16-20(32)17-25(31)43-29(40)10-14-35/h19-26,31H,4-18,34-36H2,1-3H3,(H,37,38)/t19-,20+,21-,22-,23+,24+,25-,26+,31+,32+,33-/m1/s1. The number of rotatable bonds is 13. The van der Waals surface area contributed by atoms with Crippen LogP contribution >= 0.6 is 0 Å². The molecule has 4 aliphatic carbocycles. The third-order valence-electron chi connectivity index (χ3n) is 12.2. The Morgan fingerprint density at radius 3 is 2.02 bits per heavy atom. The maximum atomic E-state index is 13.0. The first kappa shape index (κ1) is 34.6. The van der Waals surface area contributed by atoms with Crippen LogP contribution in [0.1, 0.15) is 97.8 Å². The molecular weight excluding hydrogens is 566 g/mol. The molecule has 11 heteroatoms.